The number of methoxy groups -OCH3 is 2. The topological polar surface area (TPSA) is 43.6 Å². The molecule has 2 aromatic rings. The highest BCUT2D eigenvalue weighted by Gasteiger charge is 2.20. The average Bonchev–Trinajstić information content (AvgIpc) is 2.90. The fraction of sp³-hybridized carbons (Fsp3) is 0.333. The molecule has 1 heterocycles. The third-order valence-electron chi connectivity index (χ3n) is 3.06. The van der Waals surface area contributed by atoms with Crippen LogP contribution in [0, 0.1) is 0 Å². The molecule has 1 N–H and O–H groups in total. The summed E-state index contributed by atoms with van der Waals surface area (Å²) < 4.78 is 17.1. The maximum Gasteiger partial charge on any atom is 0.161 e. The first-order chi connectivity index (χ1) is 9.71. The van der Waals surface area contributed by atoms with Crippen LogP contribution < -0.4 is 14.8 Å². The summed E-state index contributed by atoms with van der Waals surface area (Å²) in [5.41, 5.74) is 1.06. The number of benzene rings is 1. The molecule has 4 nitrogen and oxygen atoms in total. The van der Waals surface area contributed by atoms with E-state index in [0.29, 0.717) is 11.5 Å². The molecule has 0 saturated heterocycles. The lowest BCUT2D eigenvalue weighted by Gasteiger charge is -2.18. The Morgan fingerprint density at radius 3 is 2.50 bits per heavy atom. The lowest BCUT2D eigenvalue weighted by molar-refractivity contribution is 0.353. The van der Waals surface area contributed by atoms with Crippen molar-refractivity contribution in [2.75, 3.05) is 20.8 Å². The predicted octanol–water partition coefficient (Wildman–Crippen LogP) is 3.76. The Hall–Kier alpha value is -1.46. The van der Waals surface area contributed by atoms with Crippen molar-refractivity contribution in [1.82, 2.24) is 5.32 Å². The smallest absolute Gasteiger partial charge is 0.161 e. The largest absolute Gasteiger partial charge is 0.493 e. The fourth-order valence-corrected chi connectivity index (χ4v) is 2.54. The van der Waals surface area contributed by atoms with Gasteiger partial charge < -0.3 is 19.2 Å². The molecule has 1 atom stereocenters. The molecule has 20 heavy (non-hydrogen) atoms. The Morgan fingerprint density at radius 2 is 1.95 bits per heavy atom. The van der Waals surface area contributed by atoms with Gasteiger partial charge in [0.1, 0.15) is 5.76 Å². The Balaban J connectivity index is 2.42. The lowest BCUT2D eigenvalue weighted by Crippen LogP contribution is -2.21. The molecule has 1 aromatic carbocycles. The summed E-state index contributed by atoms with van der Waals surface area (Å²) in [5, 5.41) is 3.41. The number of rotatable bonds is 6. The first kappa shape index (κ1) is 14.9. The van der Waals surface area contributed by atoms with Crippen molar-refractivity contribution >= 4 is 15.9 Å². The fourth-order valence-electron chi connectivity index (χ4n) is 2.11. The summed E-state index contributed by atoms with van der Waals surface area (Å²) in [6.07, 6.45) is 1.67. The van der Waals surface area contributed by atoms with Crippen LogP contribution in [0.5, 0.6) is 11.5 Å². The maximum atomic E-state index is 5.58. The molecule has 1 aromatic heterocycles. The highest BCUT2D eigenvalue weighted by molar-refractivity contribution is 9.10. The number of ether oxygens (including phenoxy) is 2. The standard InChI is InChI=1S/C15H18BrNO3/c1-4-17-14(15-11(16)7-8-20-15)10-5-6-12(18-2)13(9-10)19-3/h5-9,14,17H,4H2,1-3H3. The Bertz CT molecular complexity index is 568. The van der Waals surface area contributed by atoms with E-state index in [4.69, 9.17) is 13.9 Å². The SMILES string of the molecule is CCNC(c1ccc(OC)c(OC)c1)c1occc1Br. The normalized spacial score (nSPS) is 12.2. The quantitative estimate of drug-likeness (QED) is 0.870. The number of hydrogen-bond donors (Lipinski definition) is 1. The van der Waals surface area contributed by atoms with E-state index >= 15 is 0 Å². The molecule has 0 spiro atoms. The molecule has 0 aliphatic rings. The molecule has 0 saturated carbocycles. The van der Waals surface area contributed by atoms with Gasteiger partial charge in [0.15, 0.2) is 11.5 Å². The van der Waals surface area contributed by atoms with Crippen LogP contribution in [0.3, 0.4) is 0 Å². The van der Waals surface area contributed by atoms with Crippen molar-refractivity contribution in [2.45, 2.75) is 13.0 Å². The minimum Gasteiger partial charge on any atom is -0.493 e. The van der Waals surface area contributed by atoms with Gasteiger partial charge in [-0.2, -0.15) is 0 Å². The minimum absolute atomic E-state index is 0.0378. The van der Waals surface area contributed by atoms with Gasteiger partial charge >= 0.3 is 0 Å². The van der Waals surface area contributed by atoms with Crippen LogP contribution in [0.1, 0.15) is 24.3 Å². The highest BCUT2D eigenvalue weighted by atomic mass is 79.9. The Kier molecular flexibility index (Phi) is 5.09. The molecule has 0 bridgehead atoms. The van der Waals surface area contributed by atoms with Crippen LogP contribution in [-0.2, 0) is 0 Å². The highest BCUT2D eigenvalue weighted by Crippen LogP contribution is 2.34. The number of hydrogen-bond acceptors (Lipinski definition) is 4. The zero-order chi connectivity index (χ0) is 14.5. The van der Waals surface area contributed by atoms with Gasteiger partial charge in [0.05, 0.1) is 31.0 Å². The van der Waals surface area contributed by atoms with Crippen molar-refractivity contribution in [2.24, 2.45) is 0 Å². The Morgan fingerprint density at radius 1 is 1.20 bits per heavy atom. The Labute approximate surface area is 127 Å². The van der Waals surface area contributed by atoms with Gasteiger partial charge in [-0.3, -0.25) is 0 Å². The number of nitrogens with one attached hydrogen (secondary N) is 1. The lowest BCUT2D eigenvalue weighted by atomic mass is 10.0. The molecule has 0 aliphatic heterocycles. The first-order valence-corrected chi connectivity index (χ1v) is 7.18. The van der Waals surface area contributed by atoms with E-state index in [1.807, 2.05) is 24.3 Å². The molecule has 5 heteroatoms. The summed E-state index contributed by atoms with van der Waals surface area (Å²) in [7, 11) is 3.26. The van der Waals surface area contributed by atoms with E-state index in [0.717, 1.165) is 22.3 Å². The molecule has 0 aliphatic carbocycles. The molecule has 108 valence electrons. The summed E-state index contributed by atoms with van der Waals surface area (Å²) in [4.78, 5) is 0. The minimum atomic E-state index is -0.0378. The molecular weight excluding hydrogens is 322 g/mol. The van der Waals surface area contributed by atoms with Crippen LogP contribution in [0.15, 0.2) is 39.4 Å². The van der Waals surface area contributed by atoms with Gasteiger partial charge in [-0.1, -0.05) is 13.0 Å². The molecule has 2 rings (SSSR count). The van der Waals surface area contributed by atoms with Crippen LogP contribution in [0.2, 0.25) is 0 Å². The molecule has 1 unspecified atom stereocenters. The summed E-state index contributed by atoms with van der Waals surface area (Å²) in [6, 6.07) is 7.71. The zero-order valence-corrected chi connectivity index (χ0v) is 13.4. The third kappa shape index (κ3) is 2.99. The van der Waals surface area contributed by atoms with Crippen LogP contribution in [0.4, 0.5) is 0 Å². The van der Waals surface area contributed by atoms with Crippen LogP contribution >= 0.6 is 15.9 Å². The van der Waals surface area contributed by atoms with E-state index in [-0.39, 0.29) is 6.04 Å². The second-order valence-corrected chi connectivity index (χ2v) is 5.09. The molecular formula is C15H18BrNO3. The van der Waals surface area contributed by atoms with Crippen LogP contribution in [0.25, 0.3) is 0 Å². The second kappa shape index (κ2) is 6.81. The predicted molar refractivity (Wildman–Crippen MR) is 81.5 cm³/mol. The van der Waals surface area contributed by atoms with E-state index in [1.54, 1.807) is 20.5 Å². The van der Waals surface area contributed by atoms with E-state index in [1.165, 1.54) is 0 Å². The van der Waals surface area contributed by atoms with Crippen molar-refractivity contribution in [1.29, 1.82) is 0 Å². The second-order valence-electron chi connectivity index (χ2n) is 4.24. The molecule has 0 amide bonds. The number of furan rings is 1. The average molecular weight is 340 g/mol. The van der Waals surface area contributed by atoms with Crippen molar-refractivity contribution in [3.05, 3.63) is 46.3 Å². The van der Waals surface area contributed by atoms with Crippen molar-refractivity contribution < 1.29 is 13.9 Å². The van der Waals surface area contributed by atoms with E-state index < -0.39 is 0 Å². The monoisotopic (exact) mass is 339 g/mol. The van der Waals surface area contributed by atoms with E-state index in [2.05, 4.69) is 28.2 Å². The van der Waals surface area contributed by atoms with Gasteiger partial charge in [0.2, 0.25) is 0 Å². The van der Waals surface area contributed by atoms with Crippen LogP contribution in [-0.4, -0.2) is 20.8 Å². The number of halogens is 1. The summed E-state index contributed by atoms with van der Waals surface area (Å²) >= 11 is 3.51. The maximum absolute atomic E-state index is 5.58. The summed E-state index contributed by atoms with van der Waals surface area (Å²) in [6.45, 7) is 2.89. The van der Waals surface area contributed by atoms with Crippen molar-refractivity contribution in [3.8, 4) is 11.5 Å². The third-order valence-corrected chi connectivity index (χ3v) is 3.71. The molecule has 0 fully saturated rings. The van der Waals surface area contributed by atoms with Gasteiger partial charge in [-0.25, -0.2) is 0 Å². The van der Waals surface area contributed by atoms with Gasteiger partial charge in [-0.05, 0) is 46.2 Å². The summed E-state index contributed by atoms with van der Waals surface area (Å²) in [5.74, 6) is 2.26. The van der Waals surface area contributed by atoms with Gasteiger partial charge in [0, 0.05) is 0 Å². The van der Waals surface area contributed by atoms with Gasteiger partial charge in [0.25, 0.3) is 0 Å². The van der Waals surface area contributed by atoms with Crippen molar-refractivity contribution in [3.63, 3.8) is 0 Å². The van der Waals surface area contributed by atoms with Gasteiger partial charge in [-0.15, -0.1) is 0 Å². The molecule has 0 radical (unpaired) electrons. The zero-order valence-electron chi connectivity index (χ0n) is 11.8. The van der Waals surface area contributed by atoms with E-state index in [9.17, 15) is 0 Å². The first-order valence-electron chi connectivity index (χ1n) is 6.39.